The van der Waals surface area contributed by atoms with Gasteiger partial charge in [-0.1, -0.05) is 11.6 Å². The lowest BCUT2D eigenvalue weighted by molar-refractivity contribution is 0.313. The number of rotatable bonds is 4. The van der Waals surface area contributed by atoms with Crippen LogP contribution in [0.3, 0.4) is 0 Å². The number of nitrogens with one attached hydrogen (secondary N) is 2. The standard InChI is InChI=1S/C25H26ClN5O2S2/c1-15-18-13-16(26)3-4-22(18)34-25(15)35(32,33)29-20-14-19-21(31-11-9-30(2)10-12-31)6-8-27-23(19)17-5-7-28-24(17)20/h3-4,6,8,13-14,28-29H,5,7,9-12H2,1-2H3. The SMILES string of the molecule is Cc1c(S(=O)(=O)Nc2cc3c(N4CCN(C)CC4)ccnc3c3c2NCC3)sc2ccc(Cl)cc12. The summed E-state index contributed by atoms with van der Waals surface area (Å²) in [6, 6.07) is 9.48. The van der Waals surface area contributed by atoms with E-state index in [1.54, 1.807) is 6.07 Å². The van der Waals surface area contributed by atoms with Crippen LogP contribution in [0, 0.1) is 6.92 Å². The number of fused-ring (bicyclic) bond motifs is 4. The molecule has 0 aliphatic carbocycles. The second kappa shape index (κ2) is 8.51. The highest BCUT2D eigenvalue weighted by molar-refractivity contribution is 7.95. The van der Waals surface area contributed by atoms with Crippen molar-refractivity contribution in [3.63, 3.8) is 0 Å². The third-order valence-corrected chi connectivity index (χ3v) is 10.5. The molecule has 1 saturated heterocycles. The Kier molecular flexibility index (Phi) is 5.56. The minimum Gasteiger partial charge on any atom is -0.383 e. The van der Waals surface area contributed by atoms with Crippen LogP contribution in [0.1, 0.15) is 11.1 Å². The van der Waals surface area contributed by atoms with Crippen molar-refractivity contribution in [2.75, 3.05) is 54.7 Å². The Morgan fingerprint density at radius 2 is 1.91 bits per heavy atom. The third kappa shape index (κ3) is 3.91. The second-order valence-electron chi connectivity index (χ2n) is 9.23. The number of aryl methyl sites for hydroxylation is 1. The van der Waals surface area contributed by atoms with Gasteiger partial charge in [0.15, 0.2) is 0 Å². The topological polar surface area (TPSA) is 77.6 Å². The summed E-state index contributed by atoms with van der Waals surface area (Å²) in [7, 11) is -1.67. The summed E-state index contributed by atoms with van der Waals surface area (Å²) in [5, 5.41) is 5.83. The largest absolute Gasteiger partial charge is 0.383 e. The van der Waals surface area contributed by atoms with E-state index in [4.69, 9.17) is 16.6 Å². The van der Waals surface area contributed by atoms with Gasteiger partial charge in [0.2, 0.25) is 0 Å². The Bertz CT molecular complexity index is 1580. The molecule has 0 unspecified atom stereocenters. The first-order valence-corrected chi connectivity index (χ1v) is 14.3. The van der Waals surface area contributed by atoms with Crippen LogP contribution in [-0.2, 0) is 16.4 Å². The van der Waals surface area contributed by atoms with Crippen LogP contribution in [0.25, 0.3) is 21.0 Å². The smallest absolute Gasteiger partial charge is 0.271 e. The van der Waals surface area contributed by atoms with E-state index in [1.165, 1.54) is 11.3 Å². The Morgan fingerprint density at radius 1 is 1.11 bits per heavy atom. The molecule has 4 aromatic rings. The molecular weight excluding hydrogens is 502 g/mol. The molecule has 0 spiro atoms. The molecule has 2 aromatic heterocycles. The first-order chi connectivity index (χ1) is 16.8. The molecule has 10 heteroatoms. The van der Waals surface area contributed by atoms with Gasteiger partial charge in [0, 0.05) is 65.3 Å². The average Bonchev–Trinajstić information content (AvgIpc) is 3.45. The minimum absolute atomic E-state index is 0.312. The minimum atomic E-state index is -3.81. The fourth-order valence-corrected chi connectivity index (χ4v) is 8.11. The molecular formula is C25H26ClN5O2S2. The summed E-state index contributed by atoms with van der Waals surface area (Å²) in [5.74, 6) is 0. The van der Waals surface area contributed by atoms with Gasteiger partial charge in [-0.3, -0.25) is 9.71 Å². The van der Waals surface area contributed by atoms with Gasteiger partial charge in [0.1, 0.15) is 4.21 Å². The molecule has 0 bridgehead atoms. The van der Waals surface area contributed by atoms with E-state index in [1.807, 2.05) is 37.4 Å². The van der Waals surface area contributed by atoms with Gasteiger partial charge >= 0.3 is 0 Å². The van der Waals surface area contributed by atoms with Crippen molar-refractivity contribution >= 4 is 71.0 Å². The lowest BCUT2D eigenvalue weighted by Crippen LogP contribution is -2.44. The maximum atomic E-state index is 13.6. The molecule has 4 heterocycles. The Hall–Kier alpha value is -2.59. The number of hydrogen-bond acceptors (Lipinski definition) is 7. The maximum absolute atomic E-state index is 13.6. The lowest BCUT2D eigenvalue weighted by Gasteiger charge is -2.34. The number of thiophene rings is 1. The van der Waals surface area contributed by atoms with Crippen molar-refractivity contribution < 1.29 is 8.42 Å². The van der Waals surface area contributed by atoms with E-state index < -0.39 is 10.0 Å². The monoisotopic (exact) mass is 527 g/mol. The third-order valence-electron chi connectivity index (χ3n) is 6.98. The van der Waals surface area contributed by atoms with Crippen molar-refractivity contribution in [1.29, 1.82) is 0 Å². The molecule has 7 nitrogen and oxygen atoms in total. The van der Waals surface area contributed by atoms with Crippen LogP contribution in [-0.4, -0.2) is 58.1 Å². The number of halogens is 1. The number of piperazine rings is 1. The fourth-order valence-electron chi connectivity index (χ4n) is 5.12. The number of sulfonamides is 1. The summed E-state index contributed by atoms with van der Waals surface area (Å²) in [6.07, 6.45) is 2.67. The molecule has 0 atom stereocenters. The van der Waals surface area contributed by atoms with E-state index >= 15 is 0 Å². The summed E-state index contributed by atoms with van der Waals surface area (Å²) in [5.41, 5.74) is 5.22. The van der Waals surface area contributed by atoms with E-state index in [-0.39, 0.29) is 0 Å². The number of likely N-dealkylation sites (N-methyl/N-ethyl adjacent to an activating group) is 1. The first kappa shape index (κ1) is 22.8. The van der Waals surface area contributed by atoms with Gasteiger partial charge in [0.05, 0.1) is 16.9 Å². The summed E-state index contributed by atoms with van der Waals surface area (Å²) >= 11 is 7.44. The Labute approximate surface area is 213 Å². The van der Waals surface area contributed by atoms with E-state index in [0.717, 1.165) is 77.1 Å². The highest BCUT2D eigenvalue weighted by Gasteiger charge is 2.27. The average molecular weight is 528 g/mol. The van der Waals surface area contributed by atoms with Crippen molar-refractivity contribution in [2.24, 2.45) is 0 Å². The zero-order chi connectivity index (χ0) is 24.3. The fraction of sp³-hybridized carbons (Fsp3) is 0.320. The molecule has 2 aromatic carbocycles. The maximum Gasteiger partial charge on any atom is 0.271 e. The number of benzene rings is 2. The number of anilines is 3. The van der Waals surface area contributed by atoms with Gasteiger partial charge in [-0.2, -0.15) is 0 Å². The highest BCUT2D eigenvalue weighted by Crippen LogP contribution is 2.42. The van der Waals surface area contributed by atoms with Gasteiger partial charge in [-0.25, -0.2) is 8.42 Å². The molecule has 6 rings (SSSR count). The molecule has 2 N–H and O–H groups in total. The number of aromatic nitrogens is 1. The first-order valence-electron chi connectivity index (χ1n) is 11.7. The van der Waals surface area contributed by atoms with Gasteiger partial charge in [0.25, 0.3) is 10.0 Å². The predicted molar refractivity (Wildman–Crippen MR) is 146 cm³/mol. The van der Waals surface area contributed by atoms with Crippen molar-refractivity contribution in [2.45, 2.75) is 17.6 Å². The van der Waals surface area contributed by atoms with Crippen LogP contribution in [0.15, 0.2) is 40.7 Å². The molecule has 182 valence electrons. The van der Waals surface area contributed by atoms with Crippen molar-refractivity contribution in [3.8, 4) is 0 Å². The van der Waals surface area contributed by atoms with Gasteiger partial charge in [-0.15, -0.1) is 11.3 Å². The summed E-state index contributed by atoms with van der Waals surface area (Å²) < 4.78 is 31.4. The quantitative estimate of drug-likeness (QED) is 0.392. The highest BCUT2D eigenvalue weighted by atomic mass is 35.5. The molecule has 0 saturated carbocycles. The second-order valence-corrected chi connectivity index (χ2v) is 12.6. The molecule has 2 aliphatic rings. The Morgan fingerprint density at radius 3 is 2.71 bits per heavy atom. The normalized spacial score (nSPS) is 16.6. The predicted octanol–water partition coefficient (Wildman–Crippen LogP) is 4.93. The van der Waals surface area contributed by atoms with Gasteiger partial charge in [-0.05, 0) is 61.7 Å². The van der Waals surface area contributed by atoms with Crippen molar-refractivity contribution in [1.82, 2.24) is 9.88 Å². The zero-order valence-electron chi connectivity index (χ0n) is 19.6. The van der Waals surface area contributed by atoms with Crippen LogP contribution in [0.5, 0.6) is 0 Å². The molecule has 1 fully saturated rings. The van der Waals surface area contributed by atoms with Crippen molar-refractivity contribution in [3.05, 3.63) is 52.7 Å². The zero-order valence-corrected chi connectivity index (χ0v) is 21.9. The summed E-state index contributed by atoms with van der Waals surface area (Å²) in [4.78, 5) is 9.40. The van der Waals surface area contributed by atoms with Crippen LogP contribution in [0.2, 0.25) is 5.02 Å². The molecule has 35 heavy (non-hydrogen) atoms. The van der Waals surface area contributed by atoms with Crippen LogP contribution >= 0.6 is 22.9 Å². The van der Waals surface area contributed by atoms with E-state index in [9.17, 15) is 8.42 Å². The Balaban J connectivity index is 1.46. The van der Waals surface area contributed by atoms with E-state index in [2.05, 4.69) is 26.9 Å². The molecule has 2 aliphatic heterocycles. The molecule has 0 radical (unpaired) electrons. The van der Waals surface area contributed by atoms with Crippen LogP contribution < -0.4 is 14.9 Å². The number of hydrogen-bond donors (Lipinski definition) is 2. The van der Waals surface area contributed by atoms with E-state index in [0.29, 0.717) is 20.5 Å². The number of pyridine rings is 1. The lowest BCUT2D eigenvalue weighted by atomic mass is 10.0. The van der Waals surface area contributed by atoms with Gasteiger partial charge < -0.3 is 15.1 Å². The van der Waals surface area contributed by atoms with Crippen LogP contribution in [0.4, 0.5) is 17.1 Å². The number of nitrogens with zero attached hydrogens (tertiary/aromatic N) is 3. The summed E-state index contributed by atoms with van der Waals surface area (Å²) in [6.45, 7) is 6.42. The molecule has 0 amide bonds.